The summed E-state index contributed by atoms with van der Waals surface area (Å²) in [4.78, 5) is 34.8. The van der Waals surface area contributed by atoms with Crippen molar-refractivity contribution in [2.45, 2.75) is 63.5 Å². The van der Waals surface area contributed by atoms with Crippen molar-refractivity contribution in [2.24, 2.45) is 11.7 Å². The van der Waals surface area contributed by atoms with Crippen LogP contribution in [0.1, 0.15) is 61.1 Å². The molecule has 8 heteroatoms. The summed E-state index contributed by atoms with van der Waals surface area (Å²) in [6, 6.07) is 8.56. The van der Waals surface area contributed by atoms with Gasteiger partial charge in [0.2, 0.25) is 11.8 Å². The lowest BCUT2D eigenvalue weighted by molar-refractivity contribution is -0.128. The van der Waals surface area contributed by atoms with Gasteiger partial charge in [-0.25, -0.2) is 4.39 Å². The van der Waals surface area contributed by atoms with Crippen LogP contribution < -0.4 is 11.1 Å². The van der Waals surface area contributed by atoms with Crippen molar-refractivity contribution in [2.75, 3.05) is 13.1 Å². The molecule has 38 heavy (non-hydrogen) atoms. The maximum atomic E-state index is 13.6. The van der Waals surface area contributed by atoms with Crippen LogP contribution in [0, 0.1) is 18.7 Å². The van der Waals surface area contributed by atoms with Crippen molar-refractivity contribution < 1.29 is 14.0 Å². The molecule has 2 fully saturated rings. The number of H-pyrrole nitrogens is 1. The lowest BCUT2D eigenvalue weighted by Crippen LogP contribution is -2.54. The summed E-state index contributed by atoms with van der Waals surface area (Å²) in [5.74, 6) is -0.172. The summed E-state index contributed by atoms with van der Waals surface area (Å²) in [5.41, 5.74) is 10.7. The first-order valence-electron chi connectivity index (χ1n) is 13.6. The first kappa shape index (κ1) is 26.1. The SMILES string of the molecule is Cc1cc(F)cc(/C=C/C(=O)N2CCC(C(NC3CCC(c4c[nH]c5cccnc45)CC3)C(N)=O)CC2)c1. The van der Waals surface area contributed by atoms with Crippen molar-refractivity contribution in [1.82, 2.24) is 20.2 Å². The van der Waals surface area contributed by atoms with Crippen LogP contribution in [0.25, 0.3) is 17.1 Å². The molecule has 1 saturated carbocycles. The Hall–Kier alpha value is -3.52. The van der Waals surface area contributed by atoms with E-state index in [2.05, 4.69) is 27.5 Å². The molecule has 1 aromatic carbocycles. The third-order valence-electron chi connectivity index (χ3n) is 8.16. The number of pyridine rings is 1. The Balaban J connectivity index is 1.12. The van der Waals surface area contributed by atoms with E-state index in [0.717, 1.165) is 55.1 Å². The maximum Gasteiger partial charge on any atom is 0.246 e. The number of likely N-dealkylation sites (tertiary alicyclic amines) is 1. The molecule has 1 unspecified atom stereocenters. The number of primary amides is 1. The number of carbonyl (C=O) groups excluding carboxylic acids is 2. The molecule has 1 aliphatic heterocycles. The molecule has 2 aliphatic rings. The normalized spacial score (nSPS) is 21.7. The Morgan fingerprint density at radius 2 is 1.92 bits per heavy atom. The Morgan fingerprint density at radius 3 is 2.63 bits per heavy atom. The van der Waals surface area contributed by atoms with Crippen LogP contribution in [0.4, 0.5) is 4.39 Å². The Morgan fingerprint density at radius 1 is 1.16 bits per heavy atom. The summed E-state index contributed by atoms with van der Waals surface area (Å²) in [6.45, 7) is 2.96. The number of amides is 2. The summed E-state index contributed by atoms with van der Waals surface area (Å²) in [6.07, 6.45) is 12.6. The molecule has 3 aromatic rings. The number of aromatic nitrogens is 2. The van der Waals surface area contributed by atoms with Gasteiger partial charge in [0.1, 0.15) is 5.82 Å². The fourth-order valence-corrected chi connectivity index (χ4v) is 6.15. The molecule has 1 aliphatic carbocycles. The van der Waals surface area contributed by atoms with Crippen molar-refractivity contribution in [3.05, 3.63) is 71.3 Å². The minimum absolute atomic E-state index is 0.0981. The molecule has 1 atom stereocenters. The molecular formula is C30H36FN5O2. The second-order valence-corrected chi connectivity index (χ2v) is 10.8. The van der Waals surface area contributed by atoms with E-state index in [1.165, 1.54) is 23.8 Å². The quantitative estimate of drug-likeness (QED) is 0.403. The van der Waals surface area contributed by atoms with Gasteiger partial charge >= 0.3 is 0 Å². The zero-order valence-corrected chi connectivity index (χ0v) is 21.8. The van der Waals surface area contributed by atoms with Crippen molar-refractivity contribution in [1.29, 1.82) is 0 Å². The predicted octanol–water partition coefficient (Wildman–Crippen LogP) is 4.43. The number of aromatic amines is 1. The van der Waals surface area contributed by atoms with Gasteiger partial charge in [-0.2, -0.15) is 0 Å². The van der Waals surface area contributed by atoms with Gasteiger partial charge in [-0.3, -0.25) is 14.6 Å². The highest BCUT2D eigenvalue weighted by Crippen LogP contribution is 2.36. The number of benzene rings is 1. The molecule has 2 aromatic heterocycles. The molecule has 0 spiro atoms. The van der Waals surface area contributed by atoms with Gasteiger partial charge < -0.3 is 20.9 Å². The van der Waals surface area contributed by atoms with Gasteiger partial charge in [-0.05, 0) is 104 Å². The molecule has 0 bridgehead atoms. The number of nitrogens with zero attached hydrogens (tertiary/aromatic N) is 2. The van der Waals surface area contributed by atoms with Crippen LogP contribution in [0.3, 0.4) is 0 Å². The number of aryl methyl sites for hydroxylation is 1. The number of halogens is 1. The summed E-state index contributed by atoms with van der Waals surface area (Å²) >= 11 is 0. The highest BCUT2D eigenvalue weighted by molar-refractivity contribution is 5.92. The van der Waals surface area contributed by atoms with Crippen LogP contribution in [0.5, 0.6) is 0 Å². The number of nitrogens with two attached hydrogens (primary N) is 1. The fourth-order valence-electron chi connectivity index (χ4n) is 6.15. The topological polar surface area (TPSA) is 104 Å². The summed E-state index contributed by atoms with van der Waals surface area (Å²) in [5, 5.41) is 3.58. The van der Waals surface area contributed by atoms with E-state index in [-0.39, 0.29) is 29.6 Å². The first-order chi connectivity index (χ1) is 18.4. The van der Waals surface area contributed by atoms with E-state index in [1.54, 1.807) is 11.0 Å². The zero-order valence-electron chi connectivity index (χ0n) is 21.8. The van der Waals surface area contributed by atoms with Crippen LogP contribution in [-0.4, -0.2) is 51.9 Å². The average molecular weight is 518 g/mol. The monoisotopic (exact) mass is 517 g/mol. The second-order valence-electron chi connectivity index (χ2n) is 10.8. The minimum atomic E-state index is -0.394. The number of nitrogens with one attached hydrogen (secondary N) is 2. The second kappa shape index (κ2) is 11.5. The van der Waals surface area contributed by atoms with Crippen molar-refractivity contribution in [3.8, 4) is 0 Å². The smallest absolute Gasteiger partial charge is 0.246 e. The molecule has 7 nitrogen and oxygen atoms in total. The van der Waals surface area contributed by atoms with Crippen LogP contribution in [-0.2, 0) is 9.59 Å². The number of hydrogen-bond acceptors (Lipinski definition) is 4. The molecule has 4 N–H and O–H groups in total. The Bertz CT molecular complexity index is 1300. The fraction of sp³-hybridized carbons (Fsp3) is 0.433. The van der Waals surface area contributed by atoms with E-state index >= 15 is 0 Å². The molecule has 0 radical (unpaired) electrons. The van der Waals surface area contributed by atoms with E-state index in [4.69, 9.17) is 5.73 Å². The minimum Gasteiger partial charge on any atom is -0.368 e. The van der Waals surface area contributed by atoms with Gasteiger partial charge in [0, 0.05) is 37.6 Å². The Labute approximate surface area is 222 Å². The van der Waals surface area contributed by atoms with Gasteiger partial charge in [-0.1, -0.05) is 6.07 Å². The van der Waals surface area contributed by atoms with E-state index in [9.17, 15) is 14.0 Å². The molecule has 5 rings (SSSR count). The van der Waals surface area contributed by atoms with Crippen LogP contribution in [0.15, 0.2) is 48.8 Å². The molecular weight excluding hydrogens is 481 g/mol. The van der Waals surface area contributed by atoms with Gasteiger partial charge in [0.15, 0.2) is 0 Å². The summed E-state index contributed by atoms with van der Waals surface area (Å²) in [7, 11) is 0. The molecule has 3 heterocycles. The highest BCUT2D eigenvalue weighted by atomic mass is 19.1. The highest BCUT2D eigenvalue weighted by Gasteiger charge is 2.34. The standard InChI is InChI=1S/C30H36FN5O2/c1-19-15-20(17-23(31)16-19)4-9-27(37)36-13-10-22(11-14-36)28(30(32)38)35-24-7-5-21(6-8-24)25-18-34-26-3-2-12-33-29(25)26/h2-4,9,12,15-18,21-22,24,28,34-35H,5-8,10-11,13-14H2,1H3,(H2,32,38)/b9-4+. The van der Waals surface area contributed by atoms with E-state index < -0.39 is 6.04 Å². The van der Waals surface area contributed by atoms with Crippen LogP contribution >= 0.6 is 0 Å². The molecule has 1 saturated heterocycles. The number of piperidine rings is 1. The maximum absolute atomic E-state index is 13.6. The number of rotatable bonds is 7. The zero-order chi connectivity index (χ0) is 26.6. The van der Waals surface area contributed by atoms with E-state index in [0.29, 0.717) is 24.6 Å². The largest absolute Gasteiger partial charge is 0.368 e. The van der Waals surface area contributed by atoms with Gasteiger partial charge in [0.25, 0.3) is 0 Å². The third-order valence-corrected chi connectivity index (χ3v) is 8.16. The van der Waals surface area contributed by atoms with Crippen molar-refractivity contribution >= 4 is 28.9 Å². The van der Waals surface area contributed by atoms with Gasteiger partial charge in [-0.15, -0.1) is 0 Å². The van der Waals surface area contributed by atoms with E-state index in [1.807, 2.05) is 25.3 Å². The first-order valence-corrected chi connectivity index (χ1v) is 13.6. The average Bonchev–Trinajstić information content (AvgIpc) is 3.34. The lowest BCUT2D eigenvalue weighted by Gasteiger charge is -2.38. The lowest BCUT2D eigenvalue weighted by atomic mass is 9.81. The number of fused-ring (bicyclic) bond motifs is 1. The van der Waals surface area contributed by atoms with Gasteiger partial charge in [0.05, 0.1) is 17.1 Å². The number of hydrogen-bond donors (Lipinski definition) is 3. The number of carbonyl (C=O) groups is 2. The third kappa shape index (κ3) is 5.96. The molecule has 200 valence electrons. The Kier molecular flexibility index (Phi) is 7.88. The molecule has 2 amide bonds. The van der Waals surface area contributed by atoms with Crippen molar-refractivity contribution in [3.63, 3.8) is 0 Å². The summed E-state index contributed by atoms with van der Waals surface area (Å²) < 4.78 is 13.6. The van der Waals surface area contributed by atoms with Crippen LogP contribution in [0.2, 0.25) is 0 Å². The predicted molar refractivity (Wildman–Crippen MR) is 147 cm³/mol.